The SMILES string of the molecule is CCCCCCOc1ccc(Br)cc1C(=O)NNC(=O)CCC(=O)NCc1ccccc1. The summed E-state index contributed by atoms with van der Waals surface area (Å²) in [5.41, 5.74) is 6.04. The van der Waals surface area contributed by atoms with Gasteiger partial charge >= 0.3 is 0 Å². The van der Waals surface area contributed by atoms with Crippen LogP contribution in [0.2, 0.25) is 0 Å². The number of carbonyl (C=O) groups excluding carboxylic acids is 3. The predicted molar refractivity (Wildman–Crippen MR) is 127 cm³/mol. The van der Waals surface area contributed by atoms with Crippen LogP contribution in [0.15, 0.2) is 53.0 Å². The van der Waals surface area contributed by atoms with Gasteiger partial charge in [0.25, 0.3) is 5.91 Å². The molecule has 0 aliphatic heterocycles. The van der Waals surface area contributed by atoms with Gasteiger partial charge in [0.15, 0.2) is 0 Å². The van der Waals surface area contributed by atoms with Crippen LogP contribution < -0.4 is 20.9 Å². The lowest BCUT2D eigenvalue weighted by atomic mass is 10.2. The fraction of sp³-hybridized carbons (Fsp3) is 0.375. The normalized spacial score (nSPS) is 10.3. The number of carbonyl (C=O) groups is 3. The molecule has 2 aromatic carbocycles. The molecule has 2 aromatic rings. The summed E-state index contributed by atoms with van der Waals surface area (Å²) >= 11 is 3.35. The molecule has 3 amide bonds. The molecule has 0 atom stereocenters. The summed E-state index contributed by atoms with van der Waals surface area (Å²) in [5, 5.41) is 2.76. The summed E-state index contributed by atoms with van der Waals surface area (Å²) in [4.78, 5) is 36.5. The van der Waals surface area contributed by atoms with Crippen LogP contribution in [0, 0.1) is 0 Å². The van der Waals surface area contributed by atoms with Gasteiger partial charge in [-0.05, 0) is 30.2 Å². The Kier molecular flexibility index (Phi) is 11.3. The number of ether oxygens (including phenoxy) is 1. The Morgan fingerprint density at radius 3 is 2.41 bits per heavy atom. The van der Waals surface area contributed by atoms with Gasteiger partial charge in [-0.2, -0.15) is 0 Å². The molecule has 0 aliphatic rings. The second-order valence-corrected chi connectivity index (χ2v) is 8.23. The van der Waals surface area contributed by atoms with Crippen molar-refractivity contribution in [2.24, 2.45) is 0 Å². The van der Waals surface area contributed by atoms with Crippen molar-refractivity contribution < 1.29 is 19.1 Å². The number of hydrogen-bond acceptors (Lipinski definition) is 4. The second-order valence-electron chi connectivity index (χ2n) is 7.31. The van der Waals surface area contributed by atoms with Gasteiger partial charge in [0.2, 0.25) is 11.8 Å². The lowest BCUT2D eigenvalue weighted by Crippen LogP contribution is -2.42. The highest BCUT2D eigenvalue weighted by Crippen LogP contribution is 2.23. The van der Waals surface area contributed by atoms with E-state index in [4.69, 9.17) is 4.74 Å². The van der Waals surface area contributed by atoms with Gasteiger partial charge < -0.3 is 10.1 Å². The highest BCUT2D eigenvalue weighted by molar-refractivity contribution is 9.10. The highest BCUT2D eigenvalue weighted by Gasteiger charge is 2.15. The fourth-order valence-corrected chi connectivity index (χ4v) is 3.25. The van der Waals surface area contributed by atoms with Gasteiger partial charge in [-0.15, -0.1) is 0 Å². The molecule has 172 valence electrons. The van der Waals surface area contributed by atoms with E-state index in [-0.39, 0.29) is 18.7 Å². The van der Waals surface area contributed by atoms with Gasteiger partial charge in [-0.25, -0.2) is 0 Å². The number of amides is 3. The minimum absolute atomic E-state index is 0.0253. The molecule has 7 nitrogen and oxygen atoms in total. The topological polar surface area (TPSA) is 96.5 Å². The van der Waals surface area contributed by atoms with Crippen LogP contribution in [-0.4, -0.2) is 24.3 Å². The van der Waals surface area contributed by atoms with E-state index in [0.717, 1.165) is 35.7 Å². The van der Waals surface area contributed by atoms with Gasteiger partial charge in [-0.1, -0.05) is 72.4 Å². The number of hydrazine groups is 1. The monoisotopic (exact) mass is 503 g/mol. The van der Waals surface area contributed by atoms with Gasteiger partial charge in [0.05, 0.1) is 12.2 Å². The molecule has 0 aliphatic carbocycles. The molecule has 3 N–H and O–H groups in total. The van der Waals surface area contributed by atoms with Crippen LogP contribution in [0.3, 0.4) is 0 Å². The van der Waals surface area contributed by atoms with Crippen LogP contribution in [-0.2, 0) is 16.1 Å². The van der Waals surface area contributed by atoms with Crippen molar-refractivity contribution in [3.05, 3.63) is 64.1 Å². The van der Waals surface area contributed by atoms with Crippen molar-refractivity contribution in [2.45, 2.75) is 52.0 Å². The first-order chi connectivity index (χ1) is 15.5. The molecule has 0 heterocycles. The van der Waals surface area contributed by atoms with Crippen molar-refractivity contribution in [3.8, 4) is 5.75 Å². The summed E-state index contributed by atoms with van der Waals surface area (Å²) in [6.07, 6.45) is 4.25. The third-order valence-corrected chi connectivity index (χ3v) is 5.16. The number of unbranched alkanes of at least 4 members (excludes halogenated alkanes) is 3. The summed E-state index contributed by atoms with van der Waals surface area (Å²) in [6, 6.07) is 14.7. The molecule has 0 aromatic heterocycles. The van der Waals surface area contributed by atoms with Crippen molar-refractivity contribution in [2.75, 3.05) is 6.61 Å². The smallest absolute Gasteiger partial charge is 0.273 e. The van der Waals surface area contributed by atoms with E-state index >= 15 is 0 Å². The van der Waals surface area contributed by atoms with Crippen molar-refractivity contribution >= 4 is 33.7 Å². The average molecular weight is 504 g/mol. The molecule has 0 radical (unpaired) electrons. The number of hydrogen-bond donors (Lipinski definition) is 3. The molecule has 0 spiro atoms. The average Bonchev–Trinajstić information content (AvgIpc) is 2.81. The lowest BCUT2D eigenvalue weighted by molar-refractivity contribution is -0.126. The molecule has 0 bridgehead atoms. The molecule has 0 saturated carbocycles. The van der Waals surface area contributed by atoms with Gasteiger partial charge in [0.1, 0.15) is 5.75 Å². The maximum atomic E-state index is 12.5. The first-order valence-corrected chi connectivity index (χ1v) is 11.6. The third-order valence-electron chi connectivity index (χ3n) is 4.67. The van der Waals surface area contributed by atoms with E-state index in [1.165, 1.54) is 0 Å². The maximum absolute atomic E-state index is 12.5. The zero-order valence-corrected chi connectivity index (χ0v) is 19.9. The Morgan fingerprint density at radius 2 is 1.66 bits per heavy atom. The zero-order valence-electron chi connectivity index (χ0n) is 18.3. The van der Waals surface area contributed by atoms with Gasteiger partial charge in [-0.3, -0.25) is 25.2 Å². The third kappa shape index (κ3) is 9.51. The summed E-state index contributed by atoms with van der Waals surface area (Å²) in [6.45, 7) is 3.07. The number of rotatable bonds is 12. The molecular weight excluding hydrogens is 474 g/mol. The highest BCUT2D eigenvalue weighted by atomic mass is 79.9. The van der Waals surface area contributed by atoms with E-state index in [1.807, 2.05) is 30.3 Å². The van der Waals surface area contributed by atoms with E-state index < -0.39 is 11.8 Å². The Morgan fingerprint density at radius 1 is 0.906 bits per heavy atom. The predicted octanol–water partition coefficient (Wildman–Crippen LogP) is 4.27. The van der Waals surface area contributed by atoms with Crippen LogP contribution in [0.1, 0.15) is 61.4 Å². The Balaban J connectivity index is 1.75. The second kappa shape index (κ2) is 14.2. The lowest BCUT2D eigenvalue weighted by Gasteiger charge is -2.13. The number of halogens is 1. The molecule has 32 heavy (non-hydrogen) atoms. The first-order valence-electron chi connectivity index (χ1n) is 10.8. The standard InChI is InChI=1S/C24H30BrN3O4/c1-2-3-4-8-15-32-21-12-11-19(25)16-20(21)24(31)28-27-23(30)14-13-22(29)26-17-18-9-6-5-7-10-18/h5-7,9-12,16H,2-4,8,13-15,17H2,1H3,(H,26,29)(H,27,30)(H,28,31). The molecule has 2 rings (SSSR count). The Labute approximate surface area is 197 Å². The van der Waals surface area contributed by atoms with Crippen molar-refractivity contribution in [1.29, 1.82) is 0 Å². The van der Waals surface area contributed by atoms with E-state index in [2.05, 4.69) is 39.0 Å². The molecule has 0 saturated heterocycles. The first kappa shape index (κ1) is 25.4. The summed E-state index contributed by atoms with van der Waals surface area (Å²) < 4.78 is 6.49. The zero-order chi connectivity index (χ0) is 23.2. The minimum atomic E-state index is -0.489. The quantitative estimate of drug-likeness (QED) is 0.297. The summed E-state index contributed by atoms with van der Waals surface area (Å²) in [7, 11) is 0. The van der Waals surface area contributed by atoms with Crippen molar-refractivity contribution in [3.63, 3.8) is 0 Å². The largest absolute Gasteiger partial charge is 0.493 e. The fourth-order valence-electron chi connectivity index (χ4n) is 2.88. The Hall–Kier alpha value is -2.87. The molecular formula is C24H30BrN3O4. The van der Waals surface area contributed by atoms with Crippen LogP contribution >= 0.6 is 15.9 Å². The van der Waals surface area contributed by atoms with E-state index in [9.17, 15) is 14.4 Å². The van der Waals surface area contributed by atoms with Crippen molar-refractivity contribution in [1.82, 2.24) is 16.2 Å². The minimum Gasteiger partial charge on any atom is -0.493 e. The Bertz CT molecular complexity index is 890. The van der Waals surface area contributed by atoms with Crippen LogP contribution in [0.25, 0.3) is 0 Å². The number of benzene rings is 2. The van der Waals surface area contributed by atoms with Crippen LogP contribution in [0.4, 0.5) is 0 Å². The van der Waals surface area contributed by atoms with Gasteiger partial charge in [0, 0.05) is 23.9 Å². The summed E-state index contributed by atoms with van der Waals surface area (Å²) in [5.74, 6) is -0.722. The van der Waals surface area contributed by atoms with E-state index in [0.29, 0.717) is 24.5 Å². The maximum Gasteiger partial charge on any atom is 0.273 e. The molecule has 0 unspecified atom stereocenters. The molecule has 8 heteroatoms. The van der Waals surface area contributed by atoms with E-state index in [1.54, 1.807) is 18.2 Å². The molecule has 0 fully saturated rings. The van der Waals surface area contributed by atoms with Crippen LogP contribution in [0.5, 0.6) is 5.75 Å². The number of nitrogens with one attached hydrogen (secondary N) is 3.